The lowest BCUT2D eigenvalue weighted by molar-refractivity contribution is 0.215. The zero-order valence-electron chi connectivity index (χ0n) is 15.3. The Labute approximate surface area is 147 Å². The lowest BCUT2D eigenvalue weighted by Crippen LogP contribution is -2.24. The molecule has 0 N–H and O–H groups in total. The van der Waals surface area contributed by atoms with Crippen molar-refractivity contribution in [3.8, 4) is 0 Å². The van der Waals surface area contributed by atoms with Crippen molar-refractivity contribution >= 4 is 0 Å². The third-order valence-electron chi connectivity index (χ3n) is 6.32. The van der Waals surface area contributed by atoms with E-state index in [2.05, 4.69) is 13.0 Å². The molecule has 0 bridgehead atoms. The van der Waals surface area contributed by atoms with E-state index in [0.29, 0.717) is 5.92 Å². The first-order valence-electron chi connectivity index (χ1n) is 10.2. The highest BCUT2D eigenvalue weighted by Gasteiger charge is 2.31. The molecule has 24 heavy (non-hydrogen) atoms. The summed E-state index contributed by atoms with van der Waals surface area (Å²) in [6.07, 6.45) is 17.2. The van der Waals surface area contributed by atoms with Gasteiger partial charge >= 0.3 is 0 Å². The fourth-order valence-electron chi connectivity index (χ4n) is 4.96. The summed E-state index contributed by atoms with van der Waals surface area (Å²) >= 11 is 0. The lowest BCUT2D eigenvalue weighted by Gasteiger charge is -2.37. The fraction of sp³-hybridized carbons (Fsp3) is 0.652. The molecule has 0 aromatic heterocycles. The topological polar surface area (TPSA) is 0 Å². The Morgan fingerprint density at radius 1 is 1.04 bits per heavy atom. The van der Waals surface area contributed by atoms with E-state index in [1.807, 2.05) is 12.1 Å². The quantitative estimate of drug-likeness (QED) is 0.477. The van der Waals surface area contributed by atoms with Crippen LogP contribution in [0, 0.1) is 17.7 Å². The van der Waals surface area contributed by atoms with Crippen molar-refractivity contribution in [1.82, 2.24) is 0 Å². The van der Waals surface area contributed by atoms with Crippen LogP contribution in [0.1, 0.15) is 89.0 Å². The number of benzene rings is 1. The van der Waals surface area contributed by atoms with Crippen LogP contribution in [0.25, 0.3) is 0 Å². The molecular weight excluding hydrogens is 295 g/mol. The maximum atomic E-state index is 13.3. The molecule has 132 valence electrons. The van der Waals surface area contributed by atoms with Crippen molar-refractivity contribution in [3.05, 3.63) is 47.3 Å². The minimum atomic E-state index is -0.108. The SMILES string of the molecule is CCCC1CCC(CCC2=CCCCC2)C(c2ccc(F)cc2)C1. The van der Waals surface area contributed by atoms with Gasteiger partial charge in [-0.15, -0.1) is 0 Å². The Balaban J connectivity index is 1.67. The van der Waals surface area contributed by atoms with Gasteiger partial charge in [-0.25, -0.2) is 4.39 Å². The van der Waals surface area contributed by atoms with Gasteiger partial charge < -0.3 is 0 Å². The predicted octanol–water partition coefficient (Wildman–Crippen LogP) is 7.41. The second kappa shape index (κ2) is 8.83. The molecule has 1 fully saturated rings. The molecule has 1 heteroatoms. The van der Waals surface area contributed by atoms with E-state index >= 15 is 0 Å². The highest BCUT2D eigenvalue weighted by Crippen LogP contribution is 2.44. The largest absolute Gasteiger partial charge is 0.207 e. The summed E-state index contributed by atoms with van der Waals surface area (Å²) in [4.78, 5) is 0. The minimum Gasteiger partial charge on any atom is -0.207 e. The van der Waals surface area contributed by atoms with Crippen LogP contribution >= 0.6 is 0 Å². The Bertz CT molecular complexity index is 527. The molecule has 3 atom stereocenters. The maximum Gasteiger partial charge on any atom is 0.123 e. The highest BCUT2D eigenvalue weighted by atomic mass is 19.1. The van der Waals surface area contributed by atoms with E-state index in [4.69, 9.17) is 0 Å². The smallest absolute Gasteiger partial charge is 0.123 e. The molecule has 3 unspecified atom stereocenters. The van der Waals surface area contributed by atoms with E-state index in [1.165, 1.54) is 76.2 Å². The van der Waals surface area contributed by atoms with E-state index in [0.717, 1.165) is 11.8 Å². The van der Waals surface area contributed by atoms with E-state index in [9.17, 15) is 4.39 Å². The summed E-state index contributed by atoms with van der Waals surface area (Å²) in [5.74, 6) is 2.19. The first-order valence-corrected chi connectivity index (χ1v) is 10.2. The summed E-state index contributed by atoms with van der Waals surface area (Å²) in [7, 11) is 0. The van der Waals surface area contributed by atoms with Crippen LogP contribution in [-0.2, 0) is 0 Å². The van der Waals surface area contributed by atoms with Crippen molar-refractivity contribution in [2.24, 2.45) is 11.8 Å². The third kappa shape index (κ3) is 4.71. The zero-order chi connectivity index (χ0) is 16.8. The number of halogens is 1. The Morgan fingerprint density at radius 2 is 1.88 bits per heavy atom. The van der Waals surface area contributed by atoms with E-state index in [-0.39, 0.29) is 5.82 Å². The van der Waals surface area contributed by atoms with Crippen LogP contribution in [-0.4, -0.2) is 0 Å². The summed E-state index contributed by atoms with van der Waals surface area (Å²) in [6.45, 7) is 2.30. The van der Waals surface area contributed by atoms with Gasteiger partial charge in [0, 0.05) is 0 Å². The minimum absolute atomic E-state index is 0.108. The summed E-state index contributed by atoms with van der Waals surface area (Å²) in [5, 5.41) is 0. The summed E-state index contributed by atoms with van der Waals surface area (Å²) < 4.78 is 13.3. The van der Waals surface area contributed by atoms with Crippen molar-refractivity contribution in [2.45, 2.75) is 83.5 Å². The summed E-state index contributed by atoms with van der Waals surface area (Å²) in [5.41, 5.74) is 3.08. The van der Waals surface area contributed by atoms with Crippen LogP contribution in [0.5, 0.6) is 0 Å². The van der Waals surface area contributed by atoms with Gasteiger partial charge in [0.15, 0.2) is 0 Å². The molecule has 1 saturated carbocycles. The van der Waals surface area contributed by atoms with Crippen molar-refractivity contribution in [1.29, 1.82) is 0 Å². The van der Waals surface area contributed by atoms with Gasteiger partial charge in [-0.1, -0.05) is 50.0 Å². The fourth-order valence-corrected chi connectivity index (χ4v) is 4.96. The zero-order valence-corrected chi connectivity index (χ0v) is 15.3. The molecule has 1 aromatic carbocycles. The normalized spacial score (nSPS) is 27.8. The molecule has 3 rings (SSSR count). The number of hydrogen-bond donors (Lipinski definition) is 0. The Morgan fingerprint density at radius 3 is 2.58 bits per heavy atom. The third-order valence-corrected chi connectivity index (χ3v) is 6.32. The number of rotatable bonds is 6. The average molecular weight is 329 g/mol. The molecule has 0 heterocycles. The first kappa shape index (κ1) is 17.7. The lowest BCUT2D eigenvalue weighted by atomic mass is 9.68. The molecule has 2 aliphatic carbocycles. The molecule has 0 saturated heterocycles. The van der Waals surface area contributed by atoms with Crippen LogP contribution in [0.4, 0.5) is 4.39 Å². The van der Waals surface area contributed by atoms with Crippen LogP contribution in [0.15, 0.2) is 35.9 Å². The average Bonchev–Trinajstić information content (AvgIpc) is 2.62. The van der Waals surface area contributed by atoms with Gasteiger partial charge in [-0.3, -0.25) is 0 Å². The molecule has 2 aliphatic rings. The van der Waals surface area contributed by atoms with Crippen molar-refractivity contribution in [3.63, 3.8) is 0 Å². The van der Waals surface area contributed by atoms with Crippen LogP contribution in [0.2, 0.25) is 0 Å². The standard InChI is InChI=1S/C23H33F/c1-2-6-19-10-12-20(11-9-18-7-4-3-5-8-18)23(17-19)21-13-15-22(24)16-14-21/h7,13-16,19-20,23H,2-6,8-12,17H2,1H3. The Kier molecular flexibility index (Phi) is 6.51. The van der Waals surface area contributed by atoms with Gasteiger partial charge in [0.05, 0.1) is 0 Å². The summed E-state index contributed by atoms with van der Waals surface area (Å²) in [6, 6.07) is 7.39. The van der Waals surface area contributed by atoms with Crippen molar-refractivity contribution in [2.75, 3.05) is 0 Å². The van der Waals surface area contributed by atoms with Crippen LogP contribution < -0.4 is 0 Å². The van der Waals surface area contributed by atoms with E-state index < -0.39 is 0 Å². The van der Waals surface area contributed by atoms with Gasteiger partial charge in [0.2, 0.25) is 0 Å². The monoisotopic (exact) mass is 328 g/mol. The predicted molar refractivity (Wildman–Crippen MR) is 101 cm³/mol. The molecule has 1 aromatic rings. The molecule has 0 radical (unpaired) electrons. The van der Waals surface area contributed by atoms with Gasteiger partial charge in [0.1, 0.15) is 5.82 Å². The van der Waals surface area contributed by atoms with Crippen LogP contribution in [0.3, 0.4) is 0 Å². The van der Waals surface area contributed by atoms with E-state index in [1.54, 1.807) is 17.7 Å². The molecular formula is C23H33F. The van der Waals surface area contributed by atoms with Gasteiger partial charge in [-0.2, -0.15) is 0 Å². The molecule has 0 aliphatic heterocycles. The molecule has 0 spiro atoms. The Hall–Kier alpha value is -1.11. The highest BCUT2D eigenvalue weighted by molar-refractivity contribution is 5.22. The second-order valence-corrected chi connectivity index (χ2v) is 8.03. The first-order chi connectivity index (χ1) is 11.8. The number of hydrogen-bond acceptors (Lipinski definition) is 0. The second-order valence-electron chi connectivity index (χ2n) is 8.03. The van der Waals surface area contributed by atoms with Gasteiger partial charge in [0.25, 0.3) is 0 Å². The number of allylic oxidation sites excluding steroid dienone is 2. The van der Waals surface area contributed by atoms with Crippen molar-refractivity contribution < 1.29 is 4.39 Å². The molecule has 0 amide bonds. The van der Waals surface area contributed by atoms with Gasteiger partial charge in [-0.05, 0) is 86.8 Å². The molecule has 0 nitrogen and oxygen atoms in total. The maximum absolute atomic E-state index is 13.3.